The normalized spacial score (nSPS) is 14.2. The minimum absolute atomic E-state index is 0.251. The summed E-state index contributed by atoms with van der Waals surface area (Å²) in [7, 11) is 0. The average molecular weight is 181 g/mol. The summed E-state index contributed by atoms with van der Waals surface area (Å²) in [5.74, 6) is 0.861. The van der Waals surface area contributed by atoms with E-state index in [0.717, 1.165) is 11.6 Å². The van der Waals surface area contributed by atoms with E-state index in [1.165, 1.54) is 0 Å². The second kappa shape index (κ2) is 3.40. The van der Waals surface area contributed by atoms with Crippen molar-refractivity contribution in [3.05, 3.63) is 11.9 Å². The lowest BCUT2D eigenvalue weighted by Gasteiger charge is -2.27. The molecule has 1 aromatic rings. The molecule has 0 aliphatic carbocycles. The zero-order valence-corrected chi connectivity index (χ0v) is 9.10. The molecule has 0 aliphatic heterocycles. The van der Waals surface area contributed by atoms with E-state index in [9.17, 15) is 0 Å². The van der Waals surface area contributed by atoms with Crippen molar-refractivity contribution in [3.63, 3.8) is 0 Å². The van der Waals surface area contributed by atoms with Crippen molar-refractivity contribution in [2.75, 3.05) is 5.32 Å². The Hall–Kier alpha value is -0.990. The lowest BCUT2D eigenvalue weighted by atomic mass is 9.88. The standard InChI is InChI=1S/C10H19N3/c1-7-6-11-9(12-7)13-8(2)10(3,4)5/h6,8H,1-5H3,(H2,11,12,13). The first-order valence-corrected chi connectivity index (χ1v) is 4.68. The lowest BCUT2D eigenvalue weighted by molar-refractivity contribution is 0.358. The fraction of sp³-hybridized carbons (Fsp3) is 0.700. The average Bonchev–Trinajstić information content (AvgIpc) is 2.33. The summed E-state index contributed by atoms with van der Waals surface area (Å²) in [5, 5.41) is 3.34. The van der Waals surface area contributed by atoms with Crippen molar-refractivity contribution in [2.24, 2.45) is 5.41 Å². The van der Waals surface area contributed by atoms with Gasteiger partial charge in [0.1, 0.15) is 0 Å². The number of H-pyrrole nitrogens is 1. The molecular formula is C10H19N3. The molecule has 3 nitrogen and oxygen atoms in total. The van der Waals surface area contributed by atoms with Gasteiger partial charge in [-0.15, -0.1) is 0 Å². The van der Waals surface area contributed by atoms with Crippen LogP contribution in [0.25, 0.3) is 0 Å². The first-order valence-electron chi connectivity index (χ1n) is 4.68. The molecule has 13 heavy (non-hydrogen) atoms. The van der Waals surface area contributed by atoms with Crippen LogP contribution in [-0.4, -0.2) is 16.0 Å². The van der Waals surface area contributed by atoms with E-state index >= 15 is 0 Å². The Morgan fingerprint density at radius 1 is 1.46 bits per heavy atom. The molecule has 0 fully saturated rings. The first-order chi connectivity index (χ1) is 5.89. The highest BCUT2D eigenvalue weighted by Crippen LogP contribution is 2.21. The van der Waals surface area contributed by atoms with E-state index in [0.29, 0.717) is 6.04 Å². The summed E-state index contributed by atoms with van der Waals surface area (Å²) in [6.07, 6.45) is 1.83. The van der Waals surface area contributed by atoms with E-state index in [2.05, 4.69) is 43.0 Å². The summed E-state index contributed by atoms with van der Waals surface area (Å²) in [6, 6.07) is 0.401. The minimum Gasteiger partial charge on any atom is -0.353 e. The number of rotatable bonds is 2. The van der Waals surface area contributed by atoms with Gasteiger partial charge >= 0.3 is 0 Å². The van der Waals surface area contributed by atoms with Crippen molar-refractivity contribution < 1.29 is 0 Å². The number of imidazole rings is 1. The van der Waals surface area contributed by atoms with Gasteiger partial charge in [0.05, 0.1) is 0 Å². The fourth-order valence-corrected chi connectivity index (χ4v) is 0.908. The molecule has 74 valence electrons. The van der Waals surface area contributed by atoms with Crippen LogP contribution in [0.4, 0.5) is 5.95 Å². The number of nitrogens with one attached hydrogen (secondary N) is 2. The zero-order chi connectivity index (χ0) is 10.1. The Morgan fingerprint density at radius 3 is 2.46 bits per heavy atom. The van der Waals surface area contributed by atoms with Gasteiger partial charge in [-0.3, -0.25) is 0 Å². The highest BCUT2D eigenvalue weighted by molar-refractivity contribution is 5.27. The highest BCUT2D eigenvalue weighted by Gasteiger charge is 2.20. The highest BCUT2D eigenvalue weighted by atomic mass is 15.1. The molecule has 0 aliphatic rings. The number of nitrogens with zero attached hydrogens (tertiary/aromatic N) is 1. The summed E-state index contributed by atoms with van der Waals surface area (Å²) in [5.41, 5.74) is 1.34. The quantitative estimate of drug-likeness (QED) is 0.736. The Morgan fingerprint density at radius 2 is 2.08 bits per heavy atom. The molecule has 0 aromatic carbocycles. The molecule has 1 atom stereocenters. The minimum atomic E-state index is 0.251. The third-order valence-electron chi connectivity index (χ3n) is 2.36. The largest absolute Gasteiger partial charge is 0.353 e. The maximum Gasteiger partial charge on any atom is 0.200 e. The number of anilines is 1. The van der Waals surface area contributed by atoms with E-state index in [4.69, 9.17) is 0 Å². The molecule has 1 rings (SSSR count). The van der Waals surface area contributed by atoms with Crippen LogP contribution in [0.5, 0.6) is 0 Å². The molecule has 0 bridgehead atoms. The first kappa shape index (κ1) is 10.1. The SMILES string of the molecule is Cc1cnc(NC(C)C(C)(C)C)[nH]1. The maximum absolute atomic E-state index is 4.20. The van der Waals surface area contributed by atoms with Gasteiger partial charge in [0.2, 0.25) is 5.95 Å². The lowest BCUT2D eigenvalue weighted by Crippen LogP contribution is -2.31. The molecule has 1 heterocycles. The molecule has 0 saturated heterocycles. The van der Waals surface area contributed by atoms with Gasteiger partial charge < -0.3 is 10.3 Å². The monoisotopic (exact) mass is 181 g/mol. The predicted molar refractivity (Wildman–Crippen MR) is 55.9 cm³/mol. The smallest absolute Gasteiger partial charge is 0.200 e. The Labute approximate surface area is 80.0 Å². The van der Waals surface area contributed by atoms with Crippen molar-refractivity contribution in [1.82, 2.24) is 9.97 Å². The molecule has 1 aromatic heterocycles. The van der Waals surface area contributed by atoms with Crippen LogP contribution < -0.4 is 5.32 Å². The van der Waals surface area contributed by atoms with Crippen LogP contribution in [0.15, 0.2) is 6.20 Å². The van der Waals surface area contributed by atoms with Gasteiger partial charge in [-0.25, -0.2) is 4.98 Å². The van der Waals surface area contributed by atoms with E-state index in [1.807, 2.05) is 13.1 Å². The summed E-state index contributed by atoms with van der Waals surface area (Å²) in [6.45, 7) is 10.8. The Kier molecular flexibility index (Phi) is 2.64. The number of aromatic amines is 1. The molecule has 0 radical (unpaired) electrons. The molecule has 0 spiro atoms. The van der Waals surface area contributed by atoms with Gasteiger partial charge in [-0.05, 0) is 19.3 Å². The van der Waals surface area contributed by atoms with Gasteiger partial charge in [0, 0.05) is 17.9 Å². The van der Waals surface area contributed by atoms with Crippen molar-refractivity contribution in [3.8, 4) is 0 Å². The van der Waals surface area contributed by atoms with Gasteiger partial charge in [-0.2, -0.15) is 0 Å². The van der Waals surface area contributed by atoms with Crippen LogP contribution in [0.2, 0.25) is 0 Å². The van der Waals surface area contributed by atoms with E-state index in [-0.39, 0.29) is 5.41 Å². The third kappa shape index (κ3) is 2.76. The second-order valence-electron chi connectivity index (χ2n) is 4.65. The predicted octanol–water partition coefficient (Wildman–Crippen LogP) is 2.56. The van der Waals surface area contributed by atoms with E-state index < -0.39 is 0 Å². The van der Waals surface area contributed by atoms with Crippen LogP contribution in [0.3, 0.4) is 0 Å². The number of hydrogen-bond donors (Lipinski definition) is 2. The molecular weight excluding hydrogens is 162 g/mol. The molecule has 3 heteroatoms. The second-order valence-corrected chi connectivity index (χ2v) is 4.65. The van der Waals surface area contributed by atoms with Crippen LogP contribution in [0, 0.1) is 12.3 Å². The fourth-order valence-electron chi connectivity index (χ4n) is 0.908. The van der Waals surface area contributed by atoms with Crippen molar-refractivity contribution in [2.45, 2.75) is 40.7 Å². The molecule has 0 saturated carbocycles. The van der Waals surface area contributed by atoms with Gasteiger partial charge in [-0.1, -0.05) is 20.8 Å². The van der Waals surface area contributed by atoms with Crippen LogP contribution >= 0.6 is 0 Å². The Bertz CT molecular complexity index is 270. The van der Waals surface area contributed by atoms with Crippen molar-refractivity contribution >= 4 is 5.95 Å². The van der Waals surface area contributed by atoms with Crippen LogP contribution in [-0.2, 0) is 0 Å². The van der Waals surface area contributed by atoms with Crippen molar-refractivity contribution in [1.29, 1.82) is 0 Å². The molecule has 1 unspecified atom stereocenters. The summed E-state index contributed by atoms with van der Waals surface area (Å²) in [4.78, 5) is 7.36. The maximum atomic E-state index is 4.20. The zero-order valence-electron chi connectivity index (χ0n) is 9.10. The number of hydrogen-bond acceptors (Lipinski definition) is 2. The molecule has 2 N–H and O–H groups in total. The molecule has 0 amide bonds. The topological polar surface area (TPSA) is 40.7 Å². The van der Waals surface area contributed by atoms with E-state index in [1.54, 1.807) is 0 Å². The third-order valence-corrected chi connectivity index (χ3v) is 2.36. The van der Waals surface area contributed by atoms with Crippen LogP contribution in [0.1, 0.15) is 33.4 Å². The number of aryl methyl sites for hydroxylation is 1. The summed E-state index contributed by atoms with van der Waals surface area (Å²) >= 11 is 0. The number of aromatic nitrogens is 2. The summed E-state index contributed by atoms with van der Waals surface area (Å²) < 4.78 is 0. The Balaban J connectivity index is 2.60. The van der Waals surface area contributed by atoms with Gasteiger partial charge in [0.15, 0.2) is 0 Å². The van der Waals surface area contributed by atoms with Gasteiger partial charge in [0.25, 0.3) is 0 Å².